The molecule has 0 N–H and O–H groups in total. The van der Waals surface area contributed by atoms with Gasteiger partial charge in [-0.05, 0) is 64.7 Å². The molecule has 0 saturated carbocycles. The predicted molar refractivity (Wildman–Crippen MR) is 236 cm³/mol. The lowest BCUT2D eigenvalue weighted by Crippen LogP contribution is -2.06. The molecule has 0 spiro atoms. The number of hydrogen-bond donors (Lipinski definition) is 0. The second-order valence-corrected chi connectivity index (χ2v) is 15.5. The molecule has 12 rings (SSSR count). The lowest BCUT2D eigenvalue weighted by Gasteiger charge is -2.11. The normalized spacial score (nSPS) is 11.9. The Morgan fingerprint density at radius 1 is 0.386 bits per heavy atom. The number of aromatic nitrogens is 4. The summed E-state index contributed by atoms with van der Waals surface area (Å²) in [5, 5.41) is 6.93. The van der Waals surface area contributed by atoms with Crippen molar-refractivity contribution >= 4 is 75.3 Å². The summed E-state index contributed by atoms with van der Waals surface area (Å²) < 4.78 is 11.3. The third kappa shape index (κ3) is 5.04. The average Bonchev–Trinajstić information content (AvgIpc) is 3.95. The van der Waals surface area contributed by atoms with Crippen LogP contribution >= 0.6 is 11.3 Å². The molecule has 0 aliphatic carbocycles. The number of rotatable bonds is 5. The van der Waals surface area contributed by atoms with E-state index >= 15 is 0 Å². The van der Waals surface area contributed by atoms with Gasteiger partial charge in [-0.25, -0.2) is 4.98 Å². The van der Waals surface area contributed by atoms with E-state index in [0.29, 0.717) is 17.6 Å². The minimum absolute atomic E-state index is 0.555. The molecular weight excluding hydrogens is 717 g/mol. The number of fused-ring (bicyclic) bond motifs is 9. The van der Waals surface area contributed by atoms with Crippen LogP contribution in [0.2, 0.25) is 0 Å². The highest BCUT2D eigenvalue weighted by molar-refractivity contribution is 7.25. The van der Waals surface area contributed by atoms with Crippen LogP contribution in [-0.2, 0) is 0 Å². The third-order valence-electron chi connectivity index (χ3n) is 11.1. The van der Waals surface area contributed by atoms with E-state index in [1.54, 1.807) is 0 Å². The van der Waals surface area contributed by atoms with Gasteiger partial charge in [-0.2, -0.15) is 9.97 Å². The molecule has 0 bridgehead atoms. The van der Waals surface area contributed by atoms with Gasteiger partial charge in [0.15, 0.2) is 11.6 Å². The minimum Gasteiger partial charge on any atom is -0.456 e. The zero-order chi connectivity index (χ0) is 37.5. The molecule has 0 radical (unpaired) electrons. The maximum absolute atomic E-state index is 6.56. The summed E-state index contributed by atoms with van der Waals surface area (Å²) in [5.74, 6) is 1.72. The molecule has 0 saturated heterocycles. The molecule has 4 heterocycles. The van der Waals surface area contributed by atoms with E-state index in [1.165, 1.54) is 31.1 Å². The van der Waals surface area contributed by atoms with Gasteiger partial charge >= 0.3 is 0 Å². The highest BCUT2D eigenvalue weighted by Gasteiger charge is 2.22. The van der Waals surface area contributed by atoms with Crippen LogP contribution in [0.1, 0.15) is 0 Å². The SMILES string of the molecule is c1ccc(-c2nc(-c3ccc4c(c3)oc3cccc(-c5ccccc5)c34)nc(-n3c4cc5c(cc4c4c(-c6ccccc6)cccc43)sc3ccccc35)n2)cc1. The quantitative estimate of drug-likeness (QED) is 0.176. The van der Waals surface area contributed by atoms with E-state index in [9.17, 15) is 0 Å². The molecule has 0 aliphatic heterocycles. The Kier molecular flexibility index (Phi) is 7.03. The van der Waals surface area contributed by atoms with Crippen LogP contribution < -0.4 is 0 Å². The van der Waals surface area contributed by atoms with Crippen molar-refractivity contribution in [3.05, 3.63) is 182 Å². The van der Waals surface area contributed by atoms with E-state index < -0.39 is 0 Å². The number of nitrogens with zero attached hydrogens (tertiary/aromatic N) is 4. The summed E-state index contributed by atoms with van der Waals surface area (Å²) in [7, 11) is 0. The van der Waals surface area contributed by atoms with Crippen LogP contribution in [0.15, 0.2) is 186 Å². The van der Waals surface area contributed by atoms with Crippen LogP contribution in [0.4, 0.5) is 0 Å². The number of hydrogen-bond acceptors (Lipinski definition) is 5. The van der Waals surface area contributed by atoms with Crippen LogP contribution in [0.3, 0.4) is 0 Å². The van der Waals surface area contributed by atoms with Crippen molar-refractivity contribution in [2.75, 3.05) is 0 Å². The van der Waals surface area contributed by atoms with Gasteiger partial charge in [0, 0.05) is 52.8 Å². The first-order valence-electron chi connectivity index (χ1n) is 19.0. The highest BCUT2D eigenvalue weighted by Crippen LogP contribution is 2.44. The standard InChI is InChI=1S/C51H30N4OS/c1-4-14-31(15-5-1)35-21-12-23-41-47(35)40-30-46-39(37-20-10-11-25-45(37)57-46)29-42(40)55(41)51-53-49(33-18-8-3-9-19-33)52-50(54-51)34-26-27-38-44(28-34)56-43-24-13-22-36(48(38)43)32-16-6-2-7-17-32/h1-30H. The van der Waals surface area contributed by atoms with Crippen molar-refractivity contribution < 1.29 is 4.42 Å². The molecule has 0 amide bonds. The predicted octanol–water partition coefficient (Wildman–Crippen LogP) is 13.9. The van der Waals surface area contributed by atoms with Crippen molar-refractivity contribution in [3.8, 4) is 51.0 Å². The van der Waals surface area contributed by atoms with Crippen LogP contribution in [0.5, 0.6) is 0 Å². The fraction of sp³-hybridized carbons (Fsp3) is 0. The van der Waals surface area contributed by atoms with E-state index in [2.05, 4.69) is 156 Å². The van der Waals surface area contributed by atoms with Crippen molar-refractivity contribution in [3.63, 3.8) is 0 Å². The molecule has 8 aromatic carbocycles. The Morgan fingerprint density at radius 2 is 1.04 bits per heavy atom. The number of benzene rings is 8. The summed E-state index contributed by atoms with van der Waals surface area (Å²) in [4.78, 5) is 15.7. The van der Waals surface area contributed by atoms with Gasteiger partial charge in [0.25, 0.3) is 0 Å². The molecule has 5 nitrogen and oxygen atoms in total. The van der Waals surface area contributed by atoms with E-state index in [4.69, 9.17) is 19.4 Å². The first kappa shape index (κ1) is 31.9. The molecule has 4 aromatic heterocycles. The fourth-order valence-electron chi connectivity index (χ4n) is 8.49. The first-order valence-corrected chi connectivity index (χ1v) is 19.8. The zero-order valence-electron chi connectivity index (χ0n) is 30.4. The Balaban J connectivity index is 1.14. The fourth-order valence-corrected chi connectivity index (χ4v) is 9.62. The molecule has 0 aliphatic rings. The van der Waals surface area contributed by atoms with E-state index in [1.807, 2.05) is 41.7 Å². The summed E-state index contributed by atoms with van der Waals surface area (Å²) in [6, 6.07) is 63.7. The van der Waals surface area contributed by atoms with Crippen LogP contribution in [0.25, 0.3) is 115 Å². The summed E-state index contributed by atoms with van der Waals surface area (Å²) in [5.41, 5.74) is 10.1. The van der Waals surface area contributed by atoms with Crippen molar-refractivity contribution in [2.24, 2.45) is 0 Å². The molecule has 266 valence electrons. The topological polar surface area (TPSA) is 56.7 Å². The molecule has 6 heteroatoms. The van der Waals surface area contributed by atoms with Crippen molar-refractivity contribution in [1.82, 2.24) is 19.5 Å². The molecular formula is C51H30N4OS. The molecule has 0 unspecified atom stereocenters. The number of thiophene rings is 1. The van der Waals surface area contributed by atoms with Crippen molar-refractivity contribution in [1.29, 1.82) is 0 Å². The Hall–Kier alpha value is -7.41. The number of furan rings is 1. The van der Waals surface area contributed by atoms with Crippen molar-refractivity contribution in [2.45, 2.75) is 0 Å². The van der Waals surface area contributed by atoms with Gasteiger partial charge in [-0.3, -0.25) is 4.57 Å². The van der Waals surface area contributed by atoms with Gasteiger partial charge in [0.1, 0.15) is 11.2 Å². The molecule has 57 heavy (non-hydrogen) atoms. The van der Waals surface area contributed by atoms with E-state index in [0.717, 1.165) is 66.2 Å². The zero-order valence-corrected chi connectivity index (χ0v) is 31.2. The van der Waals surface area contributed by atoms with Crippen LogP contribution in [-0.4, -0.2) is 19.5 Å². The Bertz CT molecular complexity index is 3510. The van der Waals surface area contributed by atoms with E-state index in [-0.39, 0.29) is 0 Å². The van der Waals surface area contributed by atoms with Gasteiger partial charge in [0.05, 0.1) is 11.0 Å². The third-order valence-corrected chi connectivity index (χ3v) is 12.2. The average molecular weight is 747 g/mol. The second-order valence-electron chi connectivity index (χ2n) is 14.4. The second kappa shape index (κ2) is 12.6. The minimum atomic E-state index is 0.555. The largest absolute Gasteiger partial charge is 0.456 e. The highest BCUT2D eigenvalue weighted by atomic mass is 32.1. The Labute approximate surface area is 330 Å². The maximum atomic E-state index is 6.56. The van der Waals surface area contributed by atoms with Gasteiger partial charge in [-0.1, -0.05) is 140 Å². The summed E-state index contributed by atoms with van der Waals surface area (Å²) in [6.45, 7) is 0. The molecule has 12 aromatic rings. The summed E-state index contributed by atoms with van der Waals surface area (Å²) >= 11 is 1.83. The smallest absolute Gasteiger partial charge is 0.238 e. The monoisotopic (exact) mass is 746 g/mol. The summed E-state index contributed by atoms with van der Waals surface area (Å²) in [6.07, 6.45) is 0. The van der Waals surface area contributed by atoms with Gasteiger partial charge in [0.2, 0.25) is 5.95 Å². The molecule has 0 fully saturated rings. The lowest BCUT2D eigenvalue weighted by atomic mass is 9.99. The maximum Gasteiger partial charge on any atom is 0.238 e. The van der Waals surface area contributed by atoms with Gasteiger partial charge in [-0.15, -0.1) is 11.3 Å². The lowest BCUT2D eigenvalue weighted by molar-refractivity contribution is 0.669. The van der Waals surface area contributed by atoms with Crippen LogP contribution in [0, 0.1) is 0 Å². The first-order chi connectivity index (χ1) is 28.2. The van der Waals surface area contributed by atoms with Gasteiger partial charge < -0.3 is 4.42 Å². The Morgan fingerprint density at radius 3 is 1.79 bits per heavy atom. The molecule has 0 atom stereocenters.